The predicted molar refractivity (Wildman–Crippen MR) is 210 cm³/mol. The largest absolute Gasteiger partial charge is 0.309 e. The molecule has 0 radical (unpaired) electrons. The standard InChI is InChI=1S/C44H22N4S2/c45-23-25-12-15-39-32(18-25)29-7-1-3-10-37(29)47(39)27-13-16-41-34(19-27)35-20-28(14-17-42(35)49-41)48-38-11-4-2-8-30(38)33-22-43-36(21-40(33)48)31-9-5-6-26(24-46)44(31)50-43/h1-22H. The highest BCUT2D eigenvalue weighted by molar-refractivity contribution is 7.26. The molecule has 4 nitrogen and oxygen atoms in total. The summed E-state index contributed by atoms with van der Waals surface area (Å²) in [5.41, 5.74) is 8.14. The molecule has 7 aromatic carbocycles. The third kappa shape index (κ3) is 3.67. The lowest BCUT2D eigenvalue weighted by Crippen LogP contribution is -1.94. The molecule has 0 fully saturated rings. The van der Waals surface area contributed by atoms with Crippen LogP contribution < -0.4 is 0 Å². The minimum Gasteiger partial charge on any atom is -0.309 e. The highest BCUT2D eigenvalue weighted by Crippen LogP contribution is 2.43. The van der Waals surface area contributed by atoms with Gasteiger partial charge in [0.1, 0.15) is 6.07 Å². The minimum atomic E-state index is 0.664. The zero-order valence-electron chi connectivity index (χ0n) is 26.3. The van der Waals surface area contributed by atoms with Crippen LogP contribution in [0.1, 0.15) is 11.1 Å². The van der Waals surface area contributed by atoms with Gasteiger partial charge < -0.3 is 9.13 Å². The molecule has 0 spiro atoms. The first-order chi connectivity index (χ1) is 24.7. The summed E-state index contributed by atoms with van der Waals surface area (Å²) in [5, 5.41) is 28.8. The second-order valence-corrected chi connectivity index (χ2v) is 14.9. The Morgan fingerprint density at radius 1 is 0.400 bits per heavy atom. The molecule has 0 N–H and O–H groups in total. The third-order valence-corrected chi connectivity index (χ3v) is 12.5. The van der Waals surface area contributed by atoms with Gasteiger partial charge >= 0.3 is 0 Å². The molecule has 0 saturated carbocycles. The molecule has 11 rings (SSSR count). The van der Waals surface area contributed by atoms with E-state index in [0.717, 1.165) is 54.3 Å². The van der Waals surface area contributed by atoms with Crippen LogP contribution in [0.5, 0.6) is 0 Å². The van der Waals surface area contributed by atoms with Gasteiger partial charge in [0.05, 0.1) is 44.0 Å². The minimum absolute atomic E-state index is 0.664. The molecule has 0 aliphatic rings. The number of nitrogens with zero attached hydrogens (tertiary/aromatic N) is 4. The van der Waals surface area contributed by atoms with Gasteiger partial charge in [0, 0.05) is 68.6 Å². The second kappa shape index (κ2) is 10.0. The van der Waals surface area contributed by atoms with Crippen molar-refractivity contribution in [2.75, 3.05) is 0 Å². The second-order valence-electron chi connectivity index (χ2n) is 12.8. The molecule has 0 unspecified atom stereocenters. The molecule has 4 heterocycles. The fourth-order valence-corrected chi connectivity index (χ4v) is 10.2. The summed E-state index contributed by atoms with van der Waals surface area (Å²) in [6.07, 6.45) is 0. The molecule has 11 aromatic rings. The quantitative estimate of drug-likeness (QED) is 0.184. The molecule has 0 amide bonds. The Balaban J connectivity index is 1.17. The number of thiophene rings is 2. The topological polar surface area (TPSA) is 57.4 Å². The first kappa shape index (κ1) is 27.5. The Kier molecular flexibility index (Phi) is 5.52. The van der Waals surface area contributed by atoms with Crippen LogP contribution in [0.4, 0.5) is 0 Å². The van der Waals surface area contributed by atoms with E-state index in [1.165, 1.54) is 46.5 Å². The summed E-state index contributed by atoms with van der Waals surface area (Å²) in [7, 11) is 0. The Morgan fingerprint density at radius 3 is 1.68 bits per heavy atom. The Bertz CT molecular complexity index is 3360. The van der Waals surface area contributed by atoms with Gasteiger partial charge in [-0.3, -0.25) is 0 Å². The van der Waals surface area contributed by atoms with Crippen LogP contribution in [0, 0.1) is 22.7 Å². The molecule has 4 aromatic heterocycles. The van der Waals surface area contributed by atoms with Crippen LogP contribution in [-0.2, 0) is 0 Å². The summed E-state index contributed by atoms with van der Waals surface area (Å²) in [6, 6.07) is 52.1. The van der Waals surface area contributed by atoms with Crippen molar-refractivity contribution in [2.24, 2.45) is 0 Å². The Hall–Kier alpha value is -6.44. The smallest absolute Gasteiger partial charge is 0.101 e. The number of aromatic nitrogens is 2. The monoisotopic (exact) mass is 670 g/mol. The van der Waals surface area contributed by atoms with E-state index in [1.807, 2.05) is 35.6 Å². The number of hydrogen-bond donors (Lipinski definition) is 0. The molecular formula is C44H22N4S2. The number of rotatable bonds is 2. The molecule has 230 valence electrons. The van der Waals surface area contributed by atoms with Gasteiger partial charge in [-0.25, -0.2) is 0 Å². The molecule has 0 aliphatic heterocycles. The first-order valence-corrected chi connectivity index (χ1v) is 18.0. The molecule has 0 atom stereocenters. The van der Waals surface area contributed by atoms with Crippen molar-refractivity contribution in [2.45, 2.75) is 0 Å². The Morgan fingerprint density at radius 2 is 1.00 bits per heavy atom. The summed E-state index contributed by atoms with van der Waals surface area (Å²) >= 11 is 3.52. The van der Waals surface area contributed by atoms with Crippen molar-refractivity contribution >= 4 is 107 Å². The van der Waals surface area contributed by atoms with Crippen molar-refractivity contribution in [3.8, 4) is 23.5 Å². The van der Waals surface area contributed by atoms with E-state index in [4.69, 9.17) is 0 Å². The number of para-hydroxylation sites is 2. The van der Waals surface area contributed by atoms with Gasteiger partial charge in [0.2, 0.25) is 0 Å². The zero-order valence-corrected chi connectivity index (χ0v) is 27.9. The summed E-state index contributed by atoms with van der Waals surface area (Å²) < 4.78 is 9.45. The highest BCUT2D eigenvalue weighted by Gasteiger charge is 2.18. The van der Waals surface area contributed by atoms with E-state index in [2.05, 4.69) is 130 Å². The summed E-state index contributed by atoms with van der Waals surface area (Å²) in [6.45, 7) is 0. The van der Waals surface area contributed by atoms with E-state index < -0.39 is 0 Å². The SMILES string of the molecule is N#Cc1ccc2c(c1)c1ccccc1n2-c1ccc2sc3ccc(-n4c5ccccc5c5cc6sc7c(C#N)cccc7c6cc54)cc3c2c1. The molecule has 0 saturated heterocycles. The van der Waals surface area contributed by atoms with Crippen LogP contribution in [0.2, 0.25) is 0 Å². The van der Waals surface area contributed by atoms with Gasteiger partial charge in [-0.15, -0.1) is 22.7 Å². The summed E-state index contributed by atoms with van der Waals surface area (Å²) in [4.78, 5) is 0. The predicted octanol–water partition coefficient (Wildman–Crippen LogP) is 12.4. The van der Waals surface area contributed by atoms with E-state index in [0.29, 0.717) is 5.56 Å². The van der Waals surface area contributed by atoms with Crippen LogP contribution in [-0.4, -0.2) is 9.13 Å². The lowest BCUT2D eigenvalue weighted by atomic mass is 10.1. The van der Waals surface area contributed by atoms with Crippen molar-refractivity contribution in [1.82, 2.24) is 9.13 Å². The van der Waals surface area contributed by atoms with Gasteiger partial charge in [0.15, 0.2) is 0 Å². The zero-order chi connectivity index (χ0) is 33.1. The van der Waals surface area contributed by atoms with Crippen LogP contribution in [0.3, 0.4) is 0 Å². The third-order valence-electron chi connectivity index (χ3n) is 10.2. The maximum atomic E-state index is 9.81. The maximum Gasteiger partial charge on any atom is 0.101 e. The molecular weight excluding hydrogens is 649 g/mol. The number of nitriles is 2. The maximum absolute atomic E-state index is 9.81. The number of fused-ring (bicyclic) bond motifs is 12. The highest BCUT2D eigenvalue weighted by atomic mass is 32.1. The van der Waals surface area contributed by atoms with E-state index >= 15 is 0 Å². The number of hydrogen-bond acceptors (Lipinski definition) is 4. The van der Waals surface area contributed by atoms with Crippen LogP contribution >= 0.6 is 22.7 Å². The lowest BCUT2D eigenvalue weighted by molar-refractivity contribution is 1.18. The van der Waals surface area contributed by atoms with Gasteiger partial charge in [0.25, 0.3) is 0 Å². The van der Waals surface area contributed by atoms with E-state index in [9.17, 15) is 10.5 Å². The van der Waals surface area contributed by atoms with Crippen LogP contribution in [0.15, 0.2) is 133 Å². The van der Waals surface area contributed by atoms with Crippen molar-refractivity contribution in [1.29, 1.82) is 10.5 Å². The molecule has 6 heteroatoms. The average molecular weight is 671 g/mol. The van der Waals surface area contributed by atoms with E-state index in [1.54, 1.807) is 11.3 Å². The lowest BCUT2D eigenvalue weighted by Gasteiger charge is -2.10. The molecule has 0 aliphatic carbocycles. The Labute approximate surface area is 293 Å². The average Bonchev–Trinajstić information content (AvgIpc) is 3.90. The van der Waals surface area contributed by atoms with E-state index in [-0.39, 0.29) is 0 Å². The fourth-order valence-electron chi connectivity index (χ4n) is 7.98. The van der Waals surface area contributed by atoms with Gasteiger partial charge in [-0.2, -0.15) is 10.5 Å². The van der Waals surface area contributed by atoms with Gasteiger partial charge in [-0.1, -0.05) is 48.5 Å². The fraction of sp³-hybridized carbons (Fsp3) is 0. The van der Waals surface area contributed by atoms with Crippen molar-refractivity contribution in [3.05, 3.63) is 145 Å². The first-order valence-electron chi connectivity index (χ1n) is 16.4. The molecule has 0 bridgehead atoms. The van der Waals surface area contributed by atoms with Crippen LogP contribution in [0.25, 0.3) is 95.3 Å². The van der Waals surface area contributed by atoms with Crippen molar-refractivity contribution < 1.29 is 0 Å². The number of benzene rings is 7. The normalized spacial score (nSPS) is 12.0. The van der Waals surface area contributed by atoms with Crippen molar-refractivity contribution in [3.63, 3.8) is 0 Å². The van der Waals surface area contributed by atoms with Gasteiger partial charge in [-0.05, 0) is 84.9 Å². The molecule has 50 heavy (non-hydrogen) atoms. The summed E-state index contributed by atoms with van der Waals surface area (Å²) in [5.74, 6) is 0.